The van der Waals surface area contributed by atoms with Gasteiger partial charge in [-0.05, 0) is 35.9 Å². The summed E-state index contributed by atoms with van der Waals surface area (Å²) in [5.74, 6) is 0. The minimum Gasteiger partial charge on any atom is -0.399 e. The second-order valence-corrected chi connectivity index (χ2v) is 4.85. The van der Waals surface area contributed by atoms with Crippen molar-refractivity contribution in [2.75, 3.05) is 31.6 Å². The first-order valence-electron chi connectivity index (χ1n) is 5.65. The Balaban J connectivity index is 1.93. The molecule has 1 aromatic rings. The number of nitrogens with zero attached hydrogens (tertiary/aromatic N) is 1. The molecule has 1 aliphatic heterocycles. The van der Waals surface area contributed by atoms with Gasteiger partial charge in [0.25, 0.3) is 0 Å². The number of rotatable bonds is 4. The number of benzene rings is 1. The zero-order valence-corrected chi connectivity index (χ0v) is 10.5. The van der Waals surface area contributed by atoms with Crippen LogP contribution in [0.1, 0.15) is 11.1 Å². The van der Waals surface area contributed by atoms with Gasteiger partial charge in [0, 0.05) is 31.9 Å². The van der Waals surface area contributed by atoms with E-state index in [1.54, 1.807) is 11.9 Å². The lowest BCUT2D eigenvalue weighted by Crippen LogP contribution is -2.34. The van der Waals surface area contributed by atoms with E-state index in [0.717, 1.165) is 38.3 Å². The molecule has 3 nitrogen and oxygen atoms in total. The Bertz CT molecular complexity index is 354. The molecule has 0 amide bonds. The highest BCUT2D eigenvalue weighted by Crippen LogP contribution is 2.20. The van der Waals surface area contributed by atoms with Gasteiger partial charge in [0.1, 0.15) is 0 Å². The van der Waals surface area contributed by atoms with Crippen LogP contribution < -0.4 is 10.5 Å². The molecule has 3 N–H and O–H groups in total. The van der Waals surface area contributed by atoms with Crippen LogP contribution in [0.25, 0.3) is 0 Å². The van der Waals surface area contributed by atoms with Crippen molar-refractivity contribution < 1.29 is 0 Å². The van der Waals surface area contributed by atoms with Crippen LogP contribution in [-0.2, 0) is 13.0 Å². The summed E-state index contributed by atoms with van der Waals surface area (Å²) in [5.41, 5.74) is 9.53. The third-order valence-electron chi connectivity index (χ3n) is 3.00. The molecule has 0 bridgehead atoms. The van der Waals surface area contributed by atoms with Crippen LogP contribution in [0.4, 0.5) is 5.69 Å². The first-order valence-corrected chi connectivity index (χ1v) is 6.87. The van der Waals surface area contributed by atoms with Crippen LogP contribution in [0.5, 0.6) is 0 Å². The Labute approximate surface area is 102 Å². The van der Waals surface area contributed by atoms with E-state index in [0.29, 0.717) is 0 Å². The van der Waals surface area contributed by atoms with Crippen LogP contribution in [0.15, 0.2) is 18.2 Å². The van der Waals surface area contributed by atoms with Gasteiger partial charge >= 0.3 is 0 Å². The third kappa shape index (κ3) is 2.90. The number of fused-ring (bicyclic) bond motifs is 1. The van der Waals surface area contributed by atoms with E-state index < -0.39 is 0 Å². The lowest BCUT2D eigenvalue weighted by molar-refractivity contribution is 0.259. The first kappa shape index (κ1) is 11.8. The molecule has 88 valence electrons. The standard InChI is InChI=1S/C12H19N3S/c1-16-14-5-7-15-6-4-10-8-12(13)3-2-11(10)9-15/h2-3,8,14H,4-7,9,13H2,1H3. The SMILES string of the molecule is CSNCCN1CCc2cc(N)ccc2C1. The van der Waals surface area contributed by atoms with Crippen LogP contribution >= 0.6 is 11.9 Å². The number of nitrogens with one attached hydrogen (secondary N) is 1. The lowest BCUT2D eigenvalue weighted by atomic mass is 9.99. The van der Waals surface area contributed by atoms with Gasteiger partial charge in [-0.15, -0.1) is 0 Å². The largest absolute Gasteiger partial charge is 0.399 e. The van der Waals surface area contributed by atoms with Gasteiger partial charge in [0.2, 0.25) is 0 Å². The minimum atomic E-state index is 0.885. The molecule has 4 heteroatoms. The predicted octanol–water partition coefficient (Wildman–Crippen LogP) is 1.49. The molecule has 1 aromatic carbocycles. The summed E-state index contributed by atoms with van der Waals surface area (Å²) >= 11 is 1.68. The second-order valence-electron chi connectivity index (χ2n) is 4.15. The molecule has 0 fully saturated rings. The number of anilines is 1. The molecular formula is C12H19N3S. The summed E-state index contributed by atoms with van der Waals surface area (Å²) in [5, 5.41) is 0. The van der Waals surface area contributed by atoms with Crippen LogP contribution in [-0.4, -0.2) is 30.8 Å². The molecule has 2 rings (SSSR count). The van der Waals surface area contributed by atoms with Crippen LogP contribution in [0, 0.1) is 0 Å². The normalized spacial score (nSPS) is 16.1. The van der Waals surface area contributed by atoms with E-state index in [1.807, 2.05) is 6.07 Å². The fraction of sp³-hybridized carbons (Fsp3) is 0.500. The number of nitrogen functional groups attached to an aromatic ring is 1. The summed E-state index contributed by atoms with van der Waals surface area (Å²) in [4.78, 5) is 2.49. The van der Waals surface area contributed by atoms with E-state index in [4.69, 9.17) is 5.73 Å². The van der Waals surface area contributed by atoms with E-state index in [1.165, 1.54) is 11.1 Å². The van der Waals surface area contributed by atoms with Crippen LogP contribution in [0.2, 0.25) is 0 Å². The molecule has 0 spiro atoms. The topological polar surface area (TPSA) is 41.3 Å². The zero-order chi connectivity index (χ0) is 11.4. The van der Waals surface area contributed by atoms with Crippen molar-refractivity contribution in [3.8, 4) is 0 Å². The number of nitrogens with two attached hydrogens (primary N) is 1. The van der Waals surface area contributed by atoms with Gasteiger partial charge in [-0.2, -0.15) is 0 Å². The van der Waals surface area contributed by atoms with Crippen molar-refractivity contribution in [1.29, 1.82) is 0 Å². The van der Waals surface area contributed by atoms with Crippen molar-refractivity contribution in [3.05, 3.63) is 29.3 Å². The number of hydrogen-bond donors (Lipinski definition) is 2. The predicted molar refractivity (Wildman–Crippen MR) is 71.4 cm³/mol. The highest BCUT2D eigenvalue weighted by atomic mass is 32.2. The average Bonchev–Trinajstić information content (AvgIpc) is 2.29. The van der Waals surface area contributed by atoms with Gasteiger partial charge in [0.15, 0.2) is 0 Å². The van der Waals surface area contributed by atoms with Gasteiger partial charge in [-0.25, -0.2) is 0 Å². The Kier molecular flexibility index (Phi) is 4.09. The Morgan fingerprint density at radius 1 is 1.44 bits per heavy atom. The van der Waals surface area contributed by atoms with Gasteiger partial charge < -0.3 is 5.73 Å². The minimum absolute atomic E-state index is 0.885. The Morgan fingerprint density at radius 3 is 3.12 bits per heavy atom. The monoisotopic (exact) mass is 237 g/mol. The summed E-state index contributed by atoms with van der Waals surface area (Å²) < 4.78 is 3.28. The summed E-state index contributed by atoms with van der Waals surface area (Å²) in [6, 6.07) is 6.29. The van der Waals surface area contributed by atoms with E-state index >= 15 is 0 Å². The summed E-state index contributed by atoms with van der Waals surface area (Å²) in [6.45, 7) is 4.37. The molecule has 1 heterocycles. The zero-order valence-electron chi connectivity index (χ0n) is 9.70. The quantitative estimate of drug-likeness (QED) is 0.473. The smallest absolute Gasteiger partial charge is 0.0316 e. The molecule has 0 radical (unpaired) electrons. The van der Waals surface area contributed by atoms with Gasteiger partial charge in [-0.3, -0.25) is 9.62 Å². The van der Waals surface area contributed by atoms with Crippen molar-refractivity contribution in [3.63, 3.8) is 0 Å². The van der Waals surface area contributed by atoms with Gasteiger partial charge in [0.05, 0.1) is 0 Å². The average molecular weight is 237 g/mol. The maximum Gasteiger partial charge on any atom is 0.0316 e. The number of hydrogen-bond acceptors (Lipinski definition) is 4. The van der Waals surface area contributed by atoms with Crippen LogP contribution in [0.3, 0.4) is 0 Å². The highest BCUT2D eigenvalue weighted by Gasteiger charge is 2.15. The van der Waals surface area contributed by atoms with Crippen molar-refractivity contribution in [2.45, 2.75) is 13.0 Å². The van der Waals surface area contributed by atoms with Gasteiger partial charge in [-0.1, -0.05) is 18.0 Å². The first-order chi connectivity index (χ1) is 7.79. The molecule has 0 saturated carbocycles. The third-order valence-corrected chi connectivity index (χ3v) is 3.49. The van der Waals surface area contributed by atoms with E-state index in [-0.39, 0.29) is 0 Å². The van der Waals surface area contributed by atoms with Crippen molar-refractivity contribution in [1.82, 2.24) is 9.62 Å². The molecular weight excluding hydrogens is 218 g/mol. The Hall–Kier alpha value is -0.710. The fourth-order valence-corrected chi connectivity index (χ4v) is 2.42. The summed E-state index contributed by atoms with van der Waals surface area (Å²) in [7, 11) is 0. The maximum absolute atomic E-state index is 5.79. The molecule has 0 aliphatic carbocycles. The lowest BCUT2D eigenvalue weighted by Gasteiger charge is -2.28. The molecule has 0 atom stereocenters. The molecule has 0 saturated heterocycles. The fourth-order valence-electron chi connectivity index (χ4n) is 2.13. The molecule has 0 unspecified atom stereocenters. The van der Waals surface area contributed by atoms with E-state index in [2.05, 4.69) is 28.0 Å². The highest BCUT2D eigenvalue weighted by molar-refractivity contribution is 7.96. The van der Waals surface area contributed by atoms with E-state index in [9.17, 15) is 0 Å². The molecule has 1 aliphatic rings. The van der Waals surface area contributed by atoms with Crippen molar-refractivity contribution in [2.24, 2.45) is 0 Å². The van der Waals surface area contributed by atoms with Crippen molar-refractivity contribution >= 4 is 17.6 Å². The maximum atomic E-state index is 5.79. The molecule has 0 aromatic heterocycles. The summed E-state index contributed by atoms with van der Waals surface area (Å²) in [6.07, 6.45) is 3.19. The second kappa shape index (κ2) is 5.57. The Morgan fingerprint density at radius 2 is 2.31 bits per heavy atom. The molecule has 16 heavy (non-hydrogen) atoms.